The Morgan fingerprint density at radius 1 is 0.938 bits per heavy atom. The third-order valence-corrected chi connectivity index (χ3v) is 6.48. The molecule has 8 nitrogen and oxygen atoms in total. The molecule has 168 valence electrons. The number of non-ortho nitro benzene ring substituents is 1. The van der Waals surface area contributed by atoms with Gasteiger partial charge in [-0.2, -0.15) is 0 Å². The van der Waals surface area contributed by atoms with Crippen LogP contribution in [0.25, 0.3) is 0 Å². The summed E-state index contributed by atoms with van der Waals surface area (Å²) >= 11 is 0. The van der Waals surface area contributed by atoms with E-state index in [1.807, 2.05) is 30.3 Å². The Labute approximate surface area is 187 Å². The van der Waals surface area contributed by atoms with E-state index in [0.29, 0.717) is 37.7 Å². The Bertz CT molecular complexity index is 950. The highest BCUT2D eigenvalue weighted by atomic mass is 16.6. The summed E-state index contributed by atoms with van der Waals surface area (Å²) in [6, 6.07) is 15.0. The van der Waals surface area contributed by atoms with Crippen LogP contribution in [0.2, 0.25) is 0 Å². The minimum atomic E-state index is -0.476. The van der Waals surface area contributed by atoms with E-state index in [9.17, 15) is 19.7 Å². The average Bonchev–Trinajstić information content (AvgIpc) is 3.34. The molecule has 32 heavy (non-hydrogen) atoms. The number of nitrogens with zero attached hydrogens (tertiary/aromatic N) is 3. The van der Waals surface area contributed by atoms with Crippen molar-refractivity contribution >= 4 is 23.2 Å². The fourth-order valence-corrected chi connectivity index (χ4v) is 4.80. The number of hydrogen-bond donors (Lipinski definition) is 1. The van der Waals surface area contributed by atoms with Crippen molar-refractivity contribution in [1.29, 1.82) is 0 Å². The van der Waals surface area contributed by atoms with Crippen LogP contribution < -0.4 is 5.32 Å². The number of rotatable bonds is 6. The fraction of sp³-hybridized carbons (Fsp3) is 0.417. The summed E-state index contributed by atoms with van der Waals surface area (Å²) < 4.78 is 0. The lowest BCUT2D eigenvalue weighted by atomic mass is 9.94. The summed E-state index contributed by atoms with van der Waals surface area (Å²) in [4.78, 5) is 40.4. The van der Waals surface area contributed by atoms with E-state index < -0.39 is 4.92 Å². The smallest absolute Gasteiger partial charge is 0.269 e. The fourth-order valence-electron chi connectivity index (χ4n) is 4.80. The number of nitrogens with one attached hydrogen (secondary N) is 1. The van der Waals surface area contributed by atoms with Gasteiger partial charge in [-0.3, -0.25) is 24.6 Å². The molecule has 1 atom stereocenters. The lowest BCUT2D eigenvalue weighted by molar-refractivity contribution is -0.384. The molecule has 2 aromatic rings. The second-order valence-electron chi connectivity index (χ2n) is 8.48. The predicted molar refractivity (Wildman–Crippen MR) is 121 cm³/mol. The molecule has 0 aromatic heterocycles. The molecule has 8 heteroatoms. The zero-order chi connectivity index (χ0) is 22.5. The SMILES string of the molecule is O=C(Nc1ccccc1)[C@H](C1CCCC1)N1CCN(C(=O)c2ccc([N+](=O)[O-])cc2)CC1. The Morgan fingerprint density at radius 3 is 2.16 bits per heavy atom. The van der Waals surface area contributed by atoms with Crippen LogP contribution in [0.15, 0.2) is 54.6 Å². The second-order valence-corrected chi connectivity index (χ2v) is 8.48. The molecule has 0 radical (unpaired) electrons. The van der Waals surface area contributed by atoms with E-state index >= 15 is 0 Å². The van der Waals surface area contributed by atoms with Gasteiger partial charge in [0.05, 0.1) is 11.0 Å². The van der Waals surface area contributed by atoms with Gasteiger partial charge in [0.25, 0.3) is 11.6 Å². The van der Waals surface area contributed by atoms with Crippen molar-refractivity contribution in [3.8, 4) is 0 Å². The number of anilines is 1. The van der Waals surface area contributed by atoms with Crippen molar-refractivity contribution < 1.29 is 14.5 Å². The van der Waals surface area contributed by atoms with Gasteiger partial charge in [-0.1, -0.05) is 31.0 Å². The number of carbonyl (C=O) groups excluding carboxylic acids is 2. The summed E-state index contributed by atoms with van der Waals surface area (Å²) in [6.45, 7) is 2.31. The first kappa shape index (κ1) is 22.0. The van der Waals surface area contributed by atoms with Gasteiger partial charge in [-0.25, -0.2) is 0 Å². The number of amides is 2. The normalized spacial score (nSPS) is 18.3. The van der Waals surface area contributed by atoms with Crippen molar-refractivity contribution in [2.75, 3.05) is 31.5 Å². The molecular formula is C24H28N4O4. The first-order valence-corrected chi connectivity index (χ1v) is 11.2. The zero-order valence-corrected chi connectivity index (χ0v) is 18.0. The van der Waals surface area contributed by atoms with Gasteiger partial charge in [0.1, 0.15) is 0 Å². The molecule has 2 aromatic carbocycles. The highest BCUT2D eigenvalue weighted by molar-refractivity contribution is 5.95. The van der Waals surface area contributed by atoms with Gasteiger partial charge in [0.2, 0.25) is 5.91 Å². The maximum absolute atomic E-state index is 13.2. The van der Waals surface area contributed by atoms with E-state index in [1.54, 1.807) is 4.90 Å². The summed E-state index contributed by atoms with van der Waals surface area (Å²) in [6.07, 6.45) is 4.40. The summed E-state index contributed by atoms with van der Waals surface area (Å²) in [7, 11) is 0. The van der Waals surface area contributed by atoms with E-state index in [2.05, 4.69) is 10.2 Å². The van der Waals surface area contributed by atoms with Gasteiger partial charge in [0.15, 0.2) is 0 Å². The molecule has 0 spiro atoms. The molecule has 0 bridgehead atoms. The molecular weight excluding hydrogens is 408 g/mol. The molecule has 0 unspecified atom stereocenters. The highest BCUT2D eigenvalue weighted by Gasteiger charge is 2.37. The third-order valence-electron chi connectivity index (χ3n) is 6.48. The third kappa shape index (κ3) is 4.96. The number of hydrogen-bond acceptors (Lipinski definition) is 5. The van der Waals surface area contributed by atoms with Gasteiger partial charge >= 0.3 is 0 Å². The molecule has 1 heterocycles. The molecule has 1 aliphatic heterocycles. The van der Waals surface area contributed by atoms with Crippen LogP contribution in [0.1, 0.15) is 36.0 Å². The first-order valence-electron chi connectivity index (χ1n) is 11.2. The van der Waals surface area contributed by atoms with Crippen molar-refractivity contribution in [3.05, 3.63) is 70.3 Å². The zero-order valence-electron chi connectivity index (χ0n) is 18.0. The molecule has 2 aliphatic rings. The maximum Gasteiger partial charge on any atom is 0.269 e. The van der Waals surface area contributed by atoms with Crippen LogP contribution in [0.5, 0.6) is 0 Å². The van der Waals surface area contributed by atoms with Gasteiger partial charge in [0, 0.05) is 49.6 Å². The van der Waals surface area contributed by atoms with Crippen LogP contribution in [0.3, 0.4) is 0 Å². The average molecular weight is 437 g/mol. The molecule has 1 aliphatic carbocycles. The lowest BCUT2D eigenvalue weighted by Crippen LogP contribution is -2.56. The maximum atomic E-state index is 13.2. The van der Waals surface area contributed by atoms with E-state index in [1.165, 1.54) is 24.3 Å². The Balaban J connectivity index is 1.41. The first-order chi connectivity index (χ1) is 15.5. The van der Waals surface area contributed by atoms with Crippen LogP contribution >= 0.6 is 0 Å². The Morgan fingerprint density at radius 2 is 1.56 bits per heavy atom. The summed E-state index contributed by atoms with van der Waals surface area (Å²) in [5.41, 5.74) is 1.21. The summed E-state index contributed by atoms with van der Waals surface area (Å²) in [5, 5.41) is 13.9. The number of nitro groups is 1. The van der Waals surface area contributed by atoms with Gasteiger partial charge < -0.3 is 10.2 Å². The van der Waals surface area contributed by atoms with Crippen molar-refractivity contribution in [2.24, 2.45) is 5.92 Å². The highest BCUT2D eigenvalue weighted by Crippen LogP contribution is 2.32. The van der Waals surface area contributed by atoms with Gasteiger partial charge in [-0.15, -0.1) is 0 Å². The topological polar surface area (TPSA) is 95.8 Å². The Hall–Kier alpha value is -3.26. The number of benzene rings is 2. The molecule has 1 saturated carbocycles. The molecule has 1 N–H and O–H groups in total. The number of para-hydroxylation sites is 1. The molecule has 1 saturated heterocycles. The molecule has 2 fully saturated rings. The van der Waals surface area contributed by atoms with Crippen LogP contribution in [0, 0.1) is 16.0 Å². The number of carbonyl (C=O) groups is 2. The standard InChI is InChI=1S/C24H28N4O4/c29-23(25-20-8-2-1-3-9-20)22(18-6-4-5-7-18)26-14-16-27(17-15-26)24(30)19-10-12-21(13-11-19)28(31)32/h1-3,8-13,18,22H,4-7,14-17H2,(H,25,29)/t22-/m0/s1. The van der Waals surface area contributed by atoms with Crippen LogP contribution in [-0.2, 0) is 4.79 Å². The van der Waals surface area contributed by atoms with Crippen molar-refractivity contribution in [1.82, 2.24) is 9.80 Å². The molecule has 4 rings (SSSR count). The Kier molecular flexibility index (Phi) is 6.80. The van der Waals surface area contributed by atoms with Crippen molar-refractivity contribution in [2.45, 2.75) is 31.7 Å². The quantitative estimate of drug-likeness (QED) is 0.552. The van der Waals surface area contributed by atoms with E-state index in [-0.39, 0.29) is 23.5 Å². The number of nitro benzene ring substituents is 1. The van der Waals surface area contributed by atoms with Crippen LogP contribution in [0.4, 0.5) is 11.4 Å². The second kappa shape index (κ2) is 9.91. The summed E-state index contributed by atoms with van der Waals surface area (Å²) in [5.74, 6) is 0.222. The van der Waals surface area contributed by atoms with Gasteiger partial charge in [-0.05, 0) is 43.0 Å². The largest absolute Gasteiger partial charge is 0.336 e. The minimum Gasteiger partial charge on any atom is -0.336 e. The van der Waals surface area contributed by atoms with Crippen molar-refractivity contribution in [3.63, 3.8) is 0 Å². The predicted octanol–water partition coefficient (Wildman–Crippen LogP) is 3.55. The minimum absolute atomic E-state index is 0.0262. The lowest BCUT2D eigenvalue weighted by Gasteiger charge is -2.40. The van der Waals surface area contributed by atoms with Crippen LogP contribution in [-0.4, -0.2) is 58.8 Å². The monoisotopic (exact) mass is 436 g/mol. The molecule has 2 amide bonds. The van der Waals surface area contributed by atoms with E-state index in [4.69, 9.17) is 0 Å². The number of piperazine rings is 1. The van der Waals surface area contributed by atoms with E-state index in [0.717, 1.165) is 31.4 Å².